The molecule has 0 saturated carbocycles. The lowest BCUT2D eigenvalue weighted by molar-refractivity contribution is -0.384. The number of aliphatic hydroxyl groups is 1. The number of rotatable bonds is 9. The molecule has 0 aliphatic rings. The highest BCUT2D eigenvalue weighted by Crippen LogP contribution is 2.26. The van der Waals surface area contributed by atoms with Gasteiger partial charge in [0.2, 0.25) is 0 Å². The van der Waals surface area contributed by atoms with Gasteiger partial charge in [-0.05, 0) is 6.42 Å². The van der Waals surface area contributed by atoms with E-state index in [-0.39, 0.29) is 18.3 Å². The number of aliphatic hydroxyl groups excluding tert-OH is 1. The molecular formula is C13H20N2O5. The standard InChI is InChI=1S/C13H20N2O5/c1-3-4-20-13-6-10(5-12(7-13)15(17)18)14-11(8-16)9-19-2/h5-7,11,14,16H,3-4,8-9H2,1-2H3. The molecule has 0 heterocycles. The van der Waals surface area contributed by atoms with Gasteiger partial charge in [-0.15, -0.1) is 0 Å². The van der Waals surface area contributed by atoms with Crippen molar-refractivity contribution < 1.29 is 19.5 Å². The van der Waals surface area contributed by atoms with E-state index >= 15 is 0 Å². The molecule has 0 aliphatic carbocycles. The van der Waals surface area contributed by atoms with Gasteiger partial charge in [-0.25, -0.2) is 0 Å². The van der Waals surface area contributed by atoms with Crippen LogP contribution in [0.2, 0.25) is 0 Å². The minimum absolute atomic E-state index is 0.0600. The van der Waals surface area contributed by atoms with E-state index in [0.29, 0.717) is 24.7 Å². The van der Waals surface area contributed by atoms with Crippen LogP contribution >= 0.6 is 0 Å². The van der Waals surface area contributed by atoms with Gasteiger partial charge in [-0.1, -0.05) is 6.92 Å². The van der Waals surface area contributed by atoms with E-state index in [0.717, 1.165) is 6.42 Å². The summed E-state index contributed by atoms with van der Waals surface area (Å²) < 4.78 is 10.4. The molecule has 1 atom stereocenters. The summed E-state index contributed by atoms with van der Waals surface area (Å²) in [6, 6.07) is 4.12. The Morgan fingerprint density at radius 2 is 2.20 bits per heavy atom. The molecule has 112 valence electrons. The molecule has 7 heteroatoms. The summed E-state index contributed by atoms with van der Waals surface area (Å²) in [5, 5.41) is 23.1. The van der Waals surface area contributed by atoms with Gasteiger partial charge < -0.3 is 19.9 Å². The van der Waals surface area contributed by atoms with Gasteiger partial charge in [-0.3, -0.25) is 10.1 Å². The van der Waals surface area contributed by atoms with Gasteiger partial charge in [0.15, 0.2) is 0 Å². The normalized spacial score (nSPS) is 11.9. The Morgan fingerprint density at radius 3 is 2.75 bits per heavy atom. The van der Waals surface area contributed by atoms with Crippen LogP contribution in [0.15, 0.2) is 18.2 Å². The predicted octanol–water partition coefficient (Wildman–Crippen LogP) is 1.80. The lowest BCUT2D eigenvalue weighted by atomic mass is 10.2. The van der Waals surface area contributed by atoms with Crippen molar-refractivity contribution in [1.29, 1.82) is 0 Å². The lowest BCUT2D eigenvalue weighted by Gasteiger charge is -2.17. The fraction of sp³-hybridized carbons (Fsp3) is 0.538. The predicted molar refractivity (Wildman–Crippen MR) is 75.3 cm³/mol. The molecule has 1 aromatic rings. The number of methoxy groups -OCH3 is 1. The number of nitrogens with zero attached hydrogens (tertiary/aromatic N) is 1. The van der Waals surface area contributed by atoms with Gasteiger partial charge in [0.25, 0.3) is 5.69 Å². The van der Waals surface area contributed by atoms with Crippen LogP contribution in [-0.4, -0.2) is 43.0 Å². The lowest BCUT2D eigenvalue weighted by Crippen LogP contribution is -2.28. The average molecular weight is 284 g/mol. The Hall–Kier alpha value is -1.86. The second kappa shape index (κ2) is 8.34. The fourth-order valence-corrected chi connectivity index (χ4v) is 1.65. The Labute approximate surface area is 117 Å². The van der Waals surface area contributed by atoms with Crippen LogP contribution in [-0.2, 0) is 4.74 Å². The summed E-state index contributed by atoms with van der Waals surface area (Å²) in [6.45, 7) is 2.60. The zero-order valence-electron chi connectivity index (χ0n) is 11.7. The summed E-state index contributed by atoms with van der Waals surface area (Å²) in [7, 11) is 1.52. The summed E-state index contributed by atoms with van der Waals surface area (Å²) in [6.07, 6.45) is 0.814. The highest BCUT2D eigenvalue weighted by atomic mass is 16.6. The zero-order chi connectivity index (χ0) is 15.0. The highest BCUT2D eigenvalue weighted by Gasteiger charge is 2.13. The zero-order valence-corrected chi connectivity index (χ0v) is 11.7. The number of anilines is 1. The van der Waals surface area contributed by atoms with Crippen molar-refractivity contribution in [2.45, 2.75) is 19.4 Å². The van der Waals surface area contributed by atoms with Crippen molar-refractivity contribution >= 4 is 11.4 Å². The maximum absolute atomic E-state index is 10.9. The van der Waals surface area contributed by atoms with E-state index < -0.39 is 4.92 Å². The number of hydrogen-bond donors (Lipinski definition) is 2. The van der Waals surface area contributed by atoms with Gasteiger partial charge in [0.05, 0.1) is 36.9 Å². The smallest absolute Gasteiger partial charge is 0.275 e. The summed E-state index contributed by atoms with van der Waals surface area (Å²) >= 11 is 0. The summed E-state index contributed by atoms with van der Waals surface area (Å²) in [4.78, 5) is 10.4. The van der Waals surface area contributed by atoms with Crippen LogP contribution < -0.4 is 10.1 Å². The van der Waals surface area contributed by atoms with Crippen molar-refractivity contribution in [3.8, 4) is 5.75 Å². The molecule has 0 aromatic heterocycles. The summed E-state index contributed by atoms with van der Waals surface area (Å²) in [5.41, 5.74) is 0.455. The molecule has 7 nitrogen and oxygen atoms in total. The molecule has 0 radical (unpaired) electrons. The van der Waals surface area contributed by atoms with Gasteiger partial charge >= 0.3 is 0 Å². The number of ether oxygens (including phenoxy) is 2. The number of hydrogen-bond acceptors (Lipinski definition) is 6. The first kappa shape index (κ1) is 16.2. The SMILES string of the molecule is CCCOc1cc(NC(CO)COC)cc([N+](=O)[O-])c1. The molecule has 0 amide bonds. The van der Waals surface area contributed by atoms with Crippen LogP contribution in [0, 0.1) is 10.1 Å². The minimum Gasteiger partial charge on any atom is -0.493 e. The third-order valence-corrected chi connectivity index (χ3v) is 2.53. The Morgan fingerprint density at radius 1 is 1.45 bits per heavy atom. The Balaban J connectivity index is 2.92. The van der Waals surface area contributed by atoms with Crippen LogP contribution in [0.4, 0.5) is 11.4 Å². The number of benzene rings is 1. The molecule has 0 bridgehead atoms. The Kier molecular flexibility index (Phi) is 6.75. The van der Waals surface area contributed by atoms with E-state index in [9.17, 15) is 15.2 Å². The first-order valence-electron chi connectivity index (χ1n) is 6.39. The van der Waals surface area contributed by atoms with Gasteiger partial charge in [-0.2, -0.15) is 0 Å². The monoisotopic (exact) mass is 284 g/mol. The second-order valence-corrected chi connectivity index (χ2v) is 4.30. The van der Waals surface area contributed by atoms with Crippen molar-refractivity contribution in [2.75, 3.05) is 32.2 Å². The first-order valence-corrected chi connectivity index (χ1v) is 6.39. The van der Waals surface area contributed by atoms with E-state index in [4.69, 9.17) is 9.47 Å². The summed E-state index contributed by atoms with van der Waals surface area (Å²) in [5.74, 6) is 0.428. The average Bonchev–Trinajstić information content (AvgIpc) is 2.44. The third-order valence-electron chi connectivity index (χ3n) is 2.53. The van der Waals surface area contributed by atoms with E-state index in [1.807, 2.05) is 6.92 Å². The Bertz CT molecular complexity index is 439. The van der Waals surface area contributed by atoms with Crippen molar-refractivity contribution in [2.24, 2.45) is 0 Å². The van der Waals surface area contributed by atoms with Crippen molar-refractivity contribution in [3.63, 3.8) is 0 Å². The molecule has 20 heavy (non-hydrogen) atoms. The van der Waals surface area contributed by atoms with E-state index in [1.165, 1.54) is 19.2 Å². The van der Waals surface area contributed by atoms with Crippen LogP contribution in [0.25, 0.3) is 0 Å². The number of nitrogens with one attached hydrogen (secondary N) is 1. The van der Waals surface area contributed by atoms with Gasteiger partial charge in [0, 0.05) is 24.9 Å². The second-order valence-electron chi connectivity index (χ2n) is 4.30. The maximum Gasteiger partial charge on any atom is 0.275 e. The van der Waals surface area contributed by atoms with Crippen molar-refractivity contribution in [1.82, 2.24) is 0 Å². The topological polar surface area (TPSA) is 93.9 Å². The van der Waals surface area contributed by atoms with Gasteiger partial charge in [0.1, 0.15) is 5.75 Å². The largest absolute Gasteiger partial charge is 0.493 e. The number of nitro benzene ring substituents is 1. The van der Waals surface area contributed by atoms with Crippen molar-refractivity contribution in [3.05, 3.63) is 28.3 Å². The van der Waals surface area contributed by atoms with E-state index in [1.54, 1.807) is 6.07 Å². The first-order chi connectivity index (χ1) is 9.60. The molecule has 0 aliphatic heterocycles. The molecule has 0 spiro atoms. The molecular weight excluding hydrogens is 264 g/mol. The number of non-ortho nitro benzene ring substituents is 1. The minimum atomic E-state index is -0.478. The van der Waals surface area contributed by atoms with Crippen LogP contribution in [0.5, 0.6) is 5.75 Å². The molecule has 1 rings (SSSR count). The molecule has 0 saturated heterocycles. The van der Waals surface area contributed by atoms with Crippen LogP contribution in [0.1, 0.15) is 13.3 Å². The fourth-order valence-electron chi connectivity index (χ4n) is 1.65. The van der Waals surface area contributed by atoms with Crippen LogP contribution in [0.3, 0.4) is 0 Å². The molecule has 0 fully saturated rings. The quantitative estimate of drug-likeness (QED) is 0.530. The molecule has 1 unspecified atom stereocenters. The highest BCUT2D eigenvalue weighted by molar-refractivity contribution is 5.56. The van der Waals surface area contributed by atoms with E-state index in [2.05, 4.69) is 5.32 Å². The third kappa shape index (κ3) is 5.02. The number of nitro groups is 1. The maximum atomic E-state index is 10.9. The molecule has 2 N–H and O–H groups in total. The molecule has 1 aromatic carbocycles.